The van der Waals surface area contributed by atoms with Crippen molar-refractivity contribution in [3.63, 3.8) is 0 Å². The van der Waals surface area contributed by atoms with E-state index in [2.05, 4.69) is 4.90 Å². The van der Waals surface area contributed by atoms with Crippen LogP contribution in [0.4, 0.5) is 16.2 Å². The first-order valence-electron chi connectivity index (χ1n) is 6.63. The number of para-hydroxylation sites is 2. The summed E-state index contributed by atoms with van der Waals surface area (Å²) in [5.41, 5.74) is 7.78. The van der Waals surface area contributed by atoms with E-state index in [-0.39, 0.29) is 12.2 Å². The lowest BCUT2D eigenvalue weighted by Crippen LogP contribution is -2.49. The first kappa shape index (κ1) is 13.5. The monoisotopic (exact) mass is 263 g/mol. The van der Waals surface area contributed by atoms with Gasteiger partial charge in [-0.1, -0.05) is 12.1 Å². The molecule has 0 saturated carbocycles. The van der Waals surface area contributed by atoms with E-state index in [9.17, 15) is 4.79 Å². The molecule has 1 aromatic rings. The van der Waals surface area contributed by atoms with Crippen molar-refractivity contribution in [3.05, 3.63) is 24.3 Å². The predicted molar refractivity (Wildman–Crippen MR) is 76.3 cm³/mol. The number of anilines is 2. The summed E-state index contributed by atoms with van der Waals surface area (Å²) in [5.74, 6) is 0. The zero-order valence-corrected chi connectivity index (χ0v) is 11.5. The molecule has 0 spiro atoms. The van der Waals surface area contributed by atoms with Crippen LogP contribution in [0.3, 0.4) is 0 Å². The van der Waals surface area contributed by atoms with Crippen LogP contribution in [0.25, 0.3) is 0 Å². The van der Waals surface area contributed by atoms with Crippen molar-refractivity contribution in [1.82, 2.24) is 4.90 Å². The molecule has 0 aromatic heterocycles. The summed E-state index contributed by atoms with van der Waals surface area (Å²) in [7, 11) is 0. The fourth-order valence-corrected chi connectivity index (χ4v) is 2.18. The highest BCUT2D eigenvalue weighted by Crippen LogP contribution is 2.23. The maximum Gasteiger partial charge on any atom is 0.410 e. The van der Waals surface area contributed by atoms with Gasteiger partial charge in [0, 0.05) is 26.2 Å². The summed E-state index contributed by atoms with van der Waals surface area (Å²) in [4.78, 5) is 15.7. The standard InChI is InChI=1S/C14H21N3O2/c1-11(2)19-14(18)17-9-7-16(8-10-17)13-6-4-3-5-12(13)15/h3-6,11H,7-10,15H2,1-2H3. The molecule has 1 fully saturated rings. The quantitative estimate of drug-likeness (QED) is 0.828. The minimum Gasteiger partial charge on any atom is -0.447 e. The SMILES string of the molecule is CC(C)OC(=O)N1CCN(c2ccccc2N)CC1. The normalized spacial score (nSPS) is 15.7. The second kappa shape index (κ2) is 5.82. The van der Waals surface area contributed by atoms with Crippen LogP contribution in [0.15, 0.2) is 24.3 Å². The van der Waals surface area contributed by atoms with Crippen LogP contribution in [0, 0.1) is 0 Å². The predicted octanol–water partition coefficient (Wildman–Crippen LogP) is 1.94. The number of carbonyl (C=O) groups is 1. The molecule has 0 atom stereocenters. The van der Waals surface area contributed by atoms with Gasteiger partial charge in [0.25, 0.3) is 0 Å². The smallest absolute Gasteiger partial charge is 0.410 e. The van der Waals surface area contributed by atoms with Gasteiger partial charge in [0.15, 0.2) is 0 Å². The molecular weight excluding hydrogens is 242 g/mol. The number of nitrogens with two attached hydrogens (primary N) is 1. The van der Waals surface area contributed by atoms with E-state index in [1.807, 2.05) is 38.1 Å². The first-order valence-corrected chi connectivity index (χ1v) is 6.63. The van der Waals surface area contributed by atoms with E-state index >= 15 is 0 Å². The number of nitrogens with zero attached hydrogens (tertiary/aromatic N) is 2. The molecule has 2 N–H and O–H groups in total. The Labute approximate surface area is 113 Å². The molecule has 1 heterocycles. The molecule has 104 valence electrons. The molecule has 1 aliphatic rings. The number of benzene rings is 1. The van der Waals surface area contributed by atoms with Gasteiger partial charge in [0.1, 0.15) is 0 Å². The lowest BCUT2D eigenvalue weighted by Gasteiger charge is -2.36. The highest BCUT2D eigenvalue weighted by Gasteiger charge is 2.23. The molecule has 5 heteroatoms. The van der Waals surface area contributed by atoms with Gasteiger partial charge < -0.3 is 20.3 Å². The molecule has 1 amide bonds. The lowest BCUT2D eigenvalue weighted by molar-refractivity contribution is 0.0751. The van der Waals surface area contributed by atoms with Gasteiger partial charge in [-0.15, -0.1) is 0 Å². The number of nitrogen functional groups attached to an aromatic ring is 1. The maximum atomic E-state index is 11.8. The Kier molecular flexibility index (Phi) is 4.14. The Balaban J connectivity index is 1.93. The number of carbonyl (C=O) groups excluding carboxylic acids is 1. The largest absolute Gasteiger partial charge is 0.447 e. The van der Waals surface area contributed by atoms with Crippen LogP contribution >= 0.6 is 0 Å². The molecule has 0 aliphatic carbocycles. The molecule has 1 saturated heterocycles. The summed E-state index contributed by atoms with van der Waals surface area (Å²) in [6, 6.07) is 7.81. The van der Waals surface area contributed by atoms with E-state index in [4.69, 9.17) is 10.5 Å². The second-order valence-electron chi connectivity index (χ2n) is 4.97. The van der Waals surface area contributed by atoms with E-state index < -0.39 is 0 Å². The van der Waals surface area contributed by atoms with Crippen LogP contribution in [-0.4, -0.2) is 43.3 Å². The van der Waals surface area contributed by atoms with Crippen molar-refractivity contribution in [1.29, 1.82) is 0 Å². The minimum atomic E-state index is -0.226. The Hall–Kier alpha value is -1.91. The van der Waals surface area contributed by atoms with Gasteiger partial charge in [-0.05, 0) is 26.0 Å². The third-order valence-electron chi connectivity index (χ3n) is 3.15. The number of ether oxygens (including phenoxy) is 1. The van der Waals surface area contributed by atoms with E-state index in [1.54, 1.807) is 4.90 Å². The van der Waals surface area contributed by atoms with Crippen LogP contribution < -0.4 is 10.6 Å². The van der Waals surface area contributed by atoms with Gasteiger partial charge in [-0.25, -0.2) is 4.79 Å². The van der Waals surface area contributed by atoms with Gasteiger partial charge in [0.05, 0.1) is 17.5 Å². The van der Waals surface area contributed by atoms with Crippen LogP contribution in [0.5, 0.6) is 0 Å². The number of piperazine rings is 1. The Morgan fingerprint density at radius 1 is 1.21 bits per heavy atom. The molecule has 19 heavy (non-hydrogen) atoms. The van der Waals surface area contributed by atoms with Crippen LogP contribution in [-0.2, 0) is 4.74 Å². The first-order chi connectivity index (χ1) is 9.08. The summed E-state index contributed by atoms with van der Waals surface area (Å²) >= 11 is 0. The summed E-state index contributed by atoms with van der Waals surface area (Å²) in [5, 5.41) is 0. The van der Waals surface area contributed by atoms with Gasteiger partial charge in [-0.2, -0.15) is 0 Å². The molecule has 0 bridgehead atoms. The summed E-state index contributed by atoms with van der Waals surface area (Å²) < 4.78 is 5.20. The topological polar surface area (TPSA) is 58.8 Å². The molecule has 5 nitrogen and oxygen atoms in total. The van der Waals surface area contributed by atoms with Crippen molar-refractivity contribution in [3.8, 4) is 0 Å². The fraction of sp³-hybridized carbons (Fsp3) is 0.500. The Morgan fingerprint density at radius 3 is 2.42 bits per heavy atom. The zero-order valence-electron chi connectivity index (χ0n) is 11.5. The Bertz CT molecular complexity index is 440. The summed E-state index contributed by atoms with van der Waals surface area (Å²) in [6.45, 7) is 6.61. The zero-order chi connectivity index (χ0) is 13.8. The van der Waals surface area contributed by atoms with Crippen molar-refractivity contribution in [2.45, 2.75) is 20.0 Å². The van der Waals surface area contributed by atoms with Crippen molar-refractivity contribution in [2.75, 3.05) is 36.8 Å². The van der Waals surface area contributed by atoms with Crippen molar-refractivity contribution in [2.24, 2.45) is 0 Å². The molecule has 1 aromatic carbocycles. The van der Waals surface area contributed by atoms with Crippen molar-refractivity contribution < 1.29 is 9.53 Å². The lowest BCUT2D eigenvalue weighted by atomic mass is 10.2. The summed E-state index contributed by atoms with van der Waals surface area (Å²) in [6.07, 6.45) is -0.300. The minimum absolute atomic E-state index is 0.0738. The van der Waals surface area contributed by atoms with E-state index in [0.717, 1.165) is 24.5 Å². The fourth-order valence-electron chi connectivity index (χ4n) is 2.18. The third-order valence-corrected chi connectivity index (χ3v) is 3.15. The van der Waals surface area contributed by atoms with Gasteiger partial charge in [-0.3, -0.25) is 0 Å². The number of hydrogen-bond acceptors (Lipinski definition) is 4. The molecule has 2 rings (SSSR count). The average Bonchev–Trinajstić information content (AvgIpc) is 2.39. The second-order valence-corrected chi connectivity index (χ2v) is 4.97. The van der Waals surface area contributed by atoms with Gasteiger partial charge >= 0.3 is 6.09 Å². The third kappa shape index (κ3) is 3.30. The molecule has 0 radical (unpaired) electrons. The number of rotatable bonds is 2. The number of amides is 1. The van der Waals surface area contributed by atoms with Crippen LogP contribution in [0.1, 0.15) is 13.8 Å². The Morgan fingerprint density at radius 2 is 1.84 bits per heavy atom. The molecular formula is C14H21N3O2. The highest BCUT2D eigenvalue weighted by atomic mass is 16.6. The van der Waals surface area contributed by atoms with Gasteiger partial charge in [0.2, 0.25) is 0 Å². The van der Waals surface area contributed by atoms with Crippen molar-refractivity contribution >= 4 is 17.5 Å². The van der Waals surface area contributed by atoms with Crippen LogP contribution in [0.2, 0.25) is 0 Å². The van der Waals surface area contributed by atoms with E-state index in [1.165, 1.54) is 0 Å². The molecule has 1 aliphatic heterocycles. The maximum absolute atomic E-state index is 11.8. The molecule has 0 unspecified atom stereocenters. The number of hydrogen-bond donors (Lipinski definition) is 1. The highest BCUT2D eigenvalue weighted by molar-refractivity contribution is 5.70. The van der Waals surface area contributed by atoms with E-state index in [0.29, 0.717) is 13.1 Å². The average molecular weight is 263 g/mol.